The molecule has 1 amide bonds. The van der Waals surface area contributed by atoms with Crippen LogP contribution in [0.1, 0.15) is 53.0 Å². The van der Waals surface area contributed by atoms with Crippen molar-refractivity contribution in [1.82, 2.24) is 14.8 Å². The fourth-order valence-corrected chi connectivity index (χ4v) is 6.38. The number of carbonyl (C=O) groups is 2. The standard InChI is InChI=1S/C26H30N4O4S2/c1-5-13-30-23(17(3)34-18-9-7-6-8-10-18)28-29-26(30)35-15-21(31)27-24-22(25(32)33-4)19-12-11-16(2)14-20(19)36-24/h5-10,16-17H,1,11-15H2,2-4H3,(H,27,31). The van der Waals surface area contributed by atoms with Crippen LogP contribution >= 0.6 is 23.1 Å². The molecule has 2 unspecified atom stereocenters. The van der Waals surface area contributed by atoms with E-state index in [4.69, 9.17) is 9.47 Å². The highest BCUT2D eigenvalue weighted by atomic mass is 32.2. The molecule has 0 radical (unpaired) electrons. The second-order valence-corrected chi connectivity index (χ2v) is 10.7. The zero-order valence-electron chi connectivity index (χ0n) is 20.7. The topological polar surface area (TPSA) is 95.3 Å². The second-order valence-electron chi connectivity index (χ2n) is 8.70. The van der Waals surface area contributed by atoms with Crippen LogP contribution in [-0.2, 0) is 28.9 Å². The molecule has 0 saturated carbocycles. The Morgan fingerprint density at radius 1 is 1.33 bits per heavy atom. The van der Waals surface area contributed by atoms with Crippen LogP contribution in [0.4, 0.5) is 5.00 Å². The van der Waals surface area contributed by atoms with Crippen LogP contribution in [0.2, 0.25) is 0 Å². The van der Waals surface area contributed by atoms with E-state index in [0.29, 0.717) is 34.0 Å². The lowest BCUT2D eigenvalue weighted by molar-refractivity contribution is -0.113. The molecule has 0 saturated heterocycles. The van der Waals surface area contributed by atoms with Gasteiger partial charge in [0, 0.05) is 11.4 Å². The maximum absolute atomic E-state index is 12.9. The molecule has 36 heavy (non-hydrogen) atoms. The SMILES string of the molecule is C=CCn1c(SCC(=O)Nc2sc3c(c2C(=O)OC)CCC(C)C3)nnc1C(C)Oc1ccccc1. The quantitative estimate of drug-likeness (QED) is 0.217. The number of aromatic nitrogens is 3. The Bertz CT molecular complexity index is 1240. The molecular weight excluding hydrogens is 496 g/mol. The fraction of sp³-hybridized carbons (Fsp3) is 0.385. The monoisotopic (exact) mass is 526 g/mol. The number of carbonyl (C=O) groups excluding carboxylic acids is 2. The van der Waals surface area contributed by atoms with Crippen molar-refractivity contribution in [2.75, 3.05) is 18.2 Å². The van der Waals surface area contributed by atoms with Crippen molar-refractivity contribution in [3.05, 3.63) is 64.8 Å². The number of allylic oxidation sites excluding steroid dienone is 1. The largest absolute Gasteiger partial charge is 0.483 e. The van der Waals surface area contributed by atoms with Crippen molar-refractivity contribution in [3.63, 3.8) is 0 Å². The summed E-state index contributed by atoms with van der Waals surface area (Å²) in [6.45, 7) is 8.43. The number of thioether (sulfide) groups is 1. The number of methoxy groups -OCH3 is 1. The smallest absolute Gasteiger partial charge is 0.341 e. The number of hydrogen-bond acceptors (Lipinski definition) is 8. The van der Waals surface area contributed by atoms with Gasteiger partial charge >= 0.3 is 5.97 Å². The van der Waals surface area contributed by atoms with E-state index >= 15 is 0 Å². The predicted octanol–water partition coefficient (Wildman–Crippen LogP) is 5.31. The molecule has 0 aliphatic heterocycles. The summed E-state index contributed by atoms with van der Waals surface area (Å²) in [4.78, 5) is 26.6. The molecule has 1 aliphatic carbocycles. The molecule has 1 aliphatic rings. The molecule has 1 N–H and O–H groups in total. The number of ether oxygens (including phenoxy) is 2. The Morgan fingerprint density at radius 3 is 2.83 bits per heavy atom. The minimum Gasteiger partial charge on any atom is -0.483 e. The van der Waals surface area contributed by atoms with Crippen LogP contribution in [0.3, 0.4) is 0 Å². The molecule has 10 heteroatoms. The van der Waals surface area contributed by atoms with Crippen LogP contribution < -0.4 is 10.1 Å². The molecule has 190 valence electrons. The zero-order chi connectivity index (χ0) is 25.7. The highest BCUT2D eigenvalue weighted by Gasteiger charge is 2.29. The normalized spacial score (nSPS) is 15.6. The van der Waals surface area contributed by atoms with Crippen LogP contribution in [0.5, 0.6) is 5.75 Å². The van der Waals surface area contributed by atoms with Crippen LogP contribution in [0.25, 0.3) is 0 Å². The Kier molecular flexibility index (Phi) is 8.48. The number of nitrogens with zero attached hydrogens (tertiary/aromatic N) is 3. The van der Waals surface area contributed by atoms with E-state index < -0.39 is 5.97 Å². The fourth-order valence-electron chi connectivity index (χ4n) is 4.21. The number of fused-ring (bicyclic) bond motifs is 1. The number of hydrogen-bond donors (Lipinski definition) is 1. The third-order valence-electron chi connectivity index (χ3n) is 5.96. The number of para-hydroxylation sites is 1. The minimum atomic E-state index is -0.409. The summed E-state index contributed by atoms with van der Waals surface area (Å²) in [5.74, 6) is 1.42. The lowest BCUT2D eigenvalue weighted by atomic mass is 9.88. The van der Waals surface area contributed by atoms with E-state index in [1.807, 2.05) is 41.8 Å². The Morgan fingerprint density at radius 2 is 2.11 bits per heavy atom. The van der Waals surface area contributed by atoms with Gasteiger partial charge in [-0.3, -0.25) is 9.36 Å². The van der Waals surface area contributed by atoms with E-state index in [1.165, 1.54) is 30.2 Å². The number of benzene rings is 1. The summed E-state index contributed by atoms with van der Waals surface area (Å²) in [5.41, 5.74) is 1.50. The Hall–Kier alpha value is -3.11. The number of amides is 1. The van der Waals surface area contributed by atoms with Gasteiger partial charge in [-0.1, -0.05) is 43.0 Å². The maximum atomic E-state index is 12.9. The first-order chi connectivity index (χ1) is 17.4. The molecule has 0 bridgehead atoms. The minimum absolute atomic E-state index is 0.114. The van der Waals surface area contributed by atoms with E-state index in [2.05, 4.69) is 29.0 Å². The first-order valence-corrected chi connectivity index (χ1v) is 13.6. The summed E-state index contributed by atoms with van der Waals surface area (Å²) in [6.07, 6.45) is 4.16. The second kappa shape index (κ2) is 11.7. The average molecular weight is 527 g/mol. The maximum Gasteiger partial charge on any atom is 0.341 e. The van der Waals surface area contributed by atoms with Gasteiger partial charge in [0.05, 0.1) is 18.4 Å². The lowest BCUT2D eigenvalue weighted by Crippen LogP contribution is -2.17. The first-order valence-electron chi connectivity index (χ1n) is 11.8. The molecule has 0 spiro atoms. The van der Waals surface area contributed by atoms with Gasteiger partial charge in [0.2, 0.25) is 5.91 Å². The summed E-state index contributed by atoms with van der Waals surface area (Å²) in [5, 5.41) is 12.7. The number of thiophene rings is 1. The summed E-state index contributed by atoms with van der Waals surface area (Å²) in [7, 11) is 1.37. The number of esters is 1. The van der Waals surface area contributed by atoms with Gasteiger partial charge in [0.25, 0.3) is 0 Å². The van der Waals surface area contributed by atoms with Gasteiger partial charge in [-0.05, 0) is 49.8 Å². The highest BCUT2D eigenvalue weighted by molar-refractivity contribution is 7.99. The number of anilines is 1. The molecule has 2 atom stereocenters. The summed E-state index contributed by atoms with van der Waals surface area (Å²) < 4.78 is 12.9. The molecule has 8 nitrogen and oxygen atoms in total. The van der Waals surface area contributed by atoms with Gasteiger partial charge in [0.1, 0.15) is 10.8 Å². The van der Waals surface area contributed by atoms with Crippen molar-refractivity contribution in [2.45, 2.75) is 50.9 Å². The summed E-state index contributed by atoms with van der Waals surface area (Å²) >= 11 is 2.75. The Labute approximate surface area is 219 Å². The third kappa shape index (κ3) is 5.82. The van der Waals surface area contributed by atoms with Crippen molar-refractivity contribution >= 4 is 40.0 Å². The third-order valence-corrected chi connectivity index (χ3v) is 8.10. The average Bonchev–Trinajstić information content (AvgIpc) is 3.43. The van der Waals surface area contributed by atoms with E-state index in [1.54, 1.807) is 6.08 Å². The van der Waals surface area contributed by atoms with Crippen LogP contribution in [-0.4, -0.2) is 39.5 Å². The van der Waals surface area contributed by atoms with E-state index in [0.717, 1.165) is 35.5 Å². The molecule has 3 aromatic rings. The number of nitrogens with one attached hydrogen (secondary N) is 1. The zero-order valence-corrected chi connectivity index (χ0v) is 22.3. The van der Waals surface area contributed by atoms with E-state index in [-0.39, 0.29) is 17.8 Å². The van der Waals surface area contributed by atoms with Gasteiger partial charge in [-0.15, -0.1) is 28.1 Å². The molecule has 4 rings (SSSR count). The molecule has 1 aromatic carbocycles. The van der Waals surface area contributed by atoms with E-state index in [9.17, 15) is 9.59 Å². The van der Waals surface area contributed by atoms with Crippen molar-refractivity contribution < 1.29 is 19.1 Å². The molecule has 0 fully saturated rings. The Balaban J connectivity index is 1.46. The molecular formula is C26H30N4O4S2. The molecule has 2 aromatic heterocycles. The van der Waals surface area contributed by atoms with Crippen LogP contribution in [0.15, 0.2) is 48.1 Å². The molecule has 2 heterocycles. The predicted molar refractivity (Wildman–Crippen MR) is 142 cm³/mol. The first kappa shape index (κ1) is 26.0. The number of rotatable bonds is 10. The summed E-state index contributed by atoms with van der Waals surface area (Å²) in [6, 6.07) is 9.52. The van der Waals surface area contributed by atoms with Gasteiger partial charge in [0.15, 0.2) is 17.1 Å². The highest BCUT2D eigenvalue weighted by Crippen LogP contribution is 2.40. The van der Waals surface area contributed by atoms with Crippen molar-refractivity contribution in [3.8, 4) is 5.75 Å². The van der Waals surface area contributed by atoms with Crippen molar-refractivity contribution in [1.29, 1.82) is 0 Å². The van der Waals surface area contributed by atoms with Gasteiger partial charge in [-0.25, -0.2) is 4.79 Å². The van der Waals surface area contributed by atoms with Gasteiger partial charge < -0.3 is 14.8 Å². The van der Waals surface area contributed by atoms with Gasteiger partial charge in [-0.2, -0.15) is 0 Å². The lowest BCUT2D eigenvalue weighted by Gasteiger charge is -2.18. The van der Waals surface area contributed by atoms with Crippen molar-refractivity contribution in [2.24, 2.45) is 5.92 Å². The van der Waals surface area contributed by atoms with Crippen LogP contribution in [0, 0.1) is 5.92 Å².